The van der Waals surface area contributed by atoms with E-state index in [2.05, 4.69) is 11.4 Å². The lowest BCUT2D eigenvalue weighted by Crippen LogP contribution is -2.29. The second-order valence-electron chi connectivity index (χ2n) is 7.62. The first-order valence-corrected chi connectivity index (χ1v) is 11.7. The first-order valence-electron chi connectivity index (χ1n) is 10.3. The summed E-state index contributed by atoms with van der Waals surface area (Å²) in [6.45, 7) is 4.27. The highest BCUT2D eigenvalue weighted by Crippen LogP contribution is 2.31. The molecule has 0 bridgehead atoms. The number of anilines is 1. The Labute approximate surface area is 189 Å². The summed E-state index contributed by atoms with van der Waals surface area (Å²) >= 11 is 0. The summed E-state index contributed by atoms with van der Waals surface area (Å²) in [5.74, 6) is 0.145. The number of nitrogens with zero attached hydrogens (tertiary/aromatic N) is 1. The summed E-state index contributed by atoms with van der Waals surface area (Å²) in [5, 5.41) is 2.90. The first kappa shape index (κ1) is 23.3. The number of nitrogens with one attached hydrogen (secondary N) is 1. The van der Waals surface area contributed by atoms with Crippen LogP contribution in [-0.2, 0) is 16.4 Å². The highest BCUT2D eigenvalue weighted by atomic mass is 32.2. The monoisotopic (exact) mass is 452 g/mol. The molecule has 0 saturated heterocycles. The Morgan fingerprint density at radius 1 is 1.00 bits per heavy atom. The van der Waals surface area contributed by atoms with Crippen LogP contribution in [0.3, 0.4) is 0 Å². The van der Waals surface area contributed by atoms with Crippen LogP contribution in [0.2, 0.25) is 0 Å². The summed E-state index contributed by atoms with van der Waals surface area (Å²) in [6, 6.07) is 19.6. The van der Waals surface area contributed by atoms with Crippen LogP contribution in [0.15, 0.2) is 71.6 Å². The summed E-state index contributed by atoms with van der Waals surface area (Å²) in [4.78, 5) is 12.8. The highest BCUT2D eigenvalue weighted by molar-refractivity contribution is 7.92. The van der Waals surface area contributed by atoms with E-state index in [1.807, 2.05) is 25.1 Å². The van der Waals surface area contributed by atoms with E-state index in [1.54, 1.807) is 37.3 Å². The Kier molecular flexibility index (Phi) is 7.20. The van der Waals surface area contributed by atoms with Crippen molar-refractivity contribution in [2.24, 2.45) is 0 Å². The molecular formula is C25H28N2O4S. The average Bonchev–Trinajstić information content (AvgIpc) is 2.78. The van der Waals surface area contributed by atoms with Gasteiger partial charge in [-0.25, -0.2) is 8.42 Å². The van der Waals surface area contributed by atoms with Crippen LogP contribution in [0.25, 0.3) is 0 Å². The molecule has 3 rings (SSSR count). The van der Waals surface area contributed by atoms with E-state index in [0.29, 0.717) is 35.5 Å². The van der Waals surface area contributed by atoms with Gasteiger partial charge in [0.05, 0.1) is 17.7 Å². The SMILES string of the molecule is COc1ccccc1N(C)S(=O)(=O)c1ccc(C)c(C(=O)NCCc2cccc(C)c2)c1. The lowest BCUT2D eigenvalue weighted by atomic mass is 10.1. The van der Waals surface area contributed by atoms with E-state index in [-0.39, 0.29) is 10.8 Å². The van der Waals surface area contributed by atoms with E-state index >= 15 is 0 Å². The minimum absolute atomic E-state index is 0.0420. The molecule has 0 unspecified atom stereocenters. The fourth-order valence-corrected chi connectivity index (χ4v) is 4.70. The minimum atomic E-state index is -3.89. The van der Waals surface area contributed by atoms with Gasteiger partial charge in [-0.1, -0.05) is 48.0 Å². The lowest BCUT2D eigenvalue weighted by molar-refractivity contribution is 0.0953. The number of hydrogen-bond acceptors (Lipinski definition) is 4. The van der Waals surface area contributed by atoms with Crippen molar-refractivity contribution in [3.8, 4) is 5.75 Å². The number of ether oxygens (including phenoxy) is 1. The second kappa shape index (κ2) is 9.87. The third-order valence-corrected chi connectivity index (χ3v) is 7.09. The van der Waals surface area contributed by atoms with E-state index < -0.39 is 10.0 Å². The fourth-order valence-electron chi connectivity index (χ4n) is 3.47. The zero-order valence-corrected chi connectivity index (χ0v) is 19.6. The van der Waals surface area contributed by atoms with Crippen molar-refractivity contribution in [2.45, 2.75) is 25.2 Å². The third kappa shape index (κ3) is 5.11. The van der Waals surface area contributed by atoms with Crippen molar-refractivity contribution < 1.29 is 17.9 Å². The molecule has 1 N–H and O–H groups in total. The van der Waals surface area contributed by atoms with Crippen LogP contribution in [0, 0.1) is 13.8 Å². The van der Waals surface area contributed by atoms with Gasteiger partial charge in [0, 0.05) is 19.2 Å². The number of amides is 1. The number of carbonyl (C=O) groups excluding carboxylic acids is 1. The number of methoxy groups -OCH3 is 1. The lowest BCUT2D eigenvalue weighted by Gasteiger charge is -2.22. The standard InChI is InChI=1S/C25H28N2O4S/c1-18-8-7-9-20(16-18)14-15-26-25(28)22-17-21(13-12-19(22)2)32(29,30)27(3)23-10-5-6-11-24(23)31-4/h5-13,16-17H,14-15H2,1-4H3,(H,26,28). The van der Waals surface area contributed by atoms with Crippen LogP contribution in [-0.4, -0.2) is 35.0 Å². The molecule has 3 aromatic rings. The molecule has 6 nitrogen and oxygen atoms in total. The maximum absolute atomic E-state index is 13.3. The number of hydrogen-bond donors (Lipinski definition) is 1. The highest BCUT2D eigenvalue weighted by Gasteiger charge is 2.25. The predicted molar refractivity (Wildman–Crippen MR) is 127 cm³/mol. The van der Waals surface area contributed by atoms with Gasteiger partial charge in [0.15, 0.2) is 0 Å². The van der Waals surface area contributed by atoms with Gasteiger partial charge in [-0.15, -0.1) is 0 Å². The Balaban J connectivity index is 1.80. The molecule has 168 valence electrons. The van der Waals surface area contributed by atoms with Crippen LogP contribution < -0.4 is 14.4 Å². The molecular weight excluding hydrogens is 424 g/mol. The number of benzene rings is 3. The first-order chi connectivity index (χ1) is 15.2. The minimum Gasteiger partial charge on any atom is -0.495 e. The van der Waals surface area contributed by atoms with Gasteiger partial charge in [-0.2, -0.15) is 0 Å². The van der Waals surface area contributed by atoms with Gasteiger partial charge in [0.2, 0.25) is 0 Å². The molecule has 0 saturated carbocycles. The molecule has 0 radical (unpaired) electrons. The molecule has 0 aliphatic rings. The fraction of sp³-hybridized carbons (Fsp3) is 0.240. The molecule has 0 heterocycles. The smallest absolute Gasteiger partial charge is 0.264 e. The summed E-state index contributed by atoms with van der Waals surface area (Å²) in [5.41, 5.74) is 3.76. The summed E-state index contributed by atoms with van der Waals surface area (Å²) < 4.78 is 33.0. The normalized spacial score (nSPS) is 11.1. The van der Waals surface area contributed by atoms with Crippen molar-refractivity contribution in [1.29, 1.82) is 0 Å². The Morgan fingerprint density at radius 2 is 1.75 bits per heavy atom. The van der Waals surface area contributed by atoms with Crippen molar-refractivity contribution in [3.05, 3.63) is 89.0 Å². The van der Waals surface area contributed by atoms with Gasteiger partial charge >= 0.3 is 0 Å². The van der Waals surface area contributed by atoms with Crippen molar-refractivity contribution in [1.82, 2.24) is 5.32 Å². The molecule has 7 heteroatoms. The molecule has 3 aromatic carbocycles. The third-order valence-electron chi connectivity index (χ3n) is 5.32. The Bertz CT molecular complexity index is 1220. The van der Waals surface area contributed by atoms with Crippen molar-refractivity contribution in [2.75, 3.05) is 25.0 Å². The number of sulfonamides is 1. The van der Waals surface area contributed by atoms with Gasteiger partial charge in [0.25, 0.3) is 15.9 Å². The largest absolute Gasteiger partial charge is 0.495 e. The van der Waals surface area contributed by atoms with E-state index in [4.69, 9.17) is 4.74 Å². The molecule has 0 atom stereocenters. The van der Waals surface area contributed by atoms with Gasteiger partial charge in [0.1, 0.15) is 5.75 Å². The quantitative estimate of drug-likeness (QED) is 0.558. The van der Waals surface area contributed by atoms with Crippen LogP contribution >= 0.6 is 0 Å². The molecule has 1 amide bonds. The zero-order chi connectivity index (χ0) is 23.3. The van der Waals surface area contributed by atoms with Crippen molar-refractivity contribution in [3.63, 3.8) is 0 Å². The molecule has 0 aliphatic carbocycles. The summed E-state index contributed by atoms with van der Waals surface area (Å²) in [7, 11) is -0.935. The number of para-hydroxylation sites is 2. The Morgan fingerprint density at radius 3 is 2.47 bits per heavy atom. The maximum atomic E-state index is 13.3. The van der Waals surface area contributed by atoms with E-state index in [0.717, 1.165) is 9.87 Å². The molecule has 0 aromatic heterocycles. The van der Waals surface area contributed by atoms with Gasteiger partial charge in [-0.05, 0) is 55.7 Å². The number of aryl methyl sites for hydroxylation is 2. The maximum Gasteiger partial charge on any atom is 0.264 e. The summed E-state index contributed by atoms with van der Waals surface area (Å²) in [6.07, 6.45) is 0.695. The molecule has 0 fully saturated rings. The van der Waals surface area contributed by atoms with Gasteiger partial charge < -0.3 is 10.1 Å². The zero-order valence-electron chi connectivity index (χ0n) is 18.8. The van der Waals surface area contributed by atoms with Crippen LogP contribution in [0.1, 0.15) is 27.0 Å². The predicted octanol–water partition coefficient (Wildman–Crippen LogP) is 4.11. The van der Waals surface area contributed by atoms with Gasteiger partial charge in [-0.3, -0.25) is 9.10 Å². The van der Waals surface area contributed by atoms with Crippen molar-refractivity contribution >= 4 is 21.6 Å². The van der Waals surface area contributed by atoms with E-state index in [1.165, 1.54) is 31.9 Å². The molecule has 0 aliphatic heterocycles. The van der Waals surface area contributed by atoms with Crippen LogP contribution in [0.5, 0.6) is 5.75 Å². The van der Waals surface area contributed by atoms with E-state index in [9.17, 15) is 13.2 Å². The molecule has 32 heavy (non-hydrogen) atoms. The second-order valence-corrected chi connectivity index (χ2v) is 9.59. The number of carbonyl (C=O) groups is 1. The topological polar surface area (TPSA) is 75.7 Å². The molecule has 0 spiro atoms. The average molecular weight is 453 g/mol. The Hall–Kier alpha value is -3.32. The van der Waals surface area contributed by atoms with Crippen LogP contribution in [0.4, 0.5) is 5.69 Å². The number of rotatable bonds is 8.